The molecule has 17 heavy (non-hydrogen) atoms. The molecule has 2 nitrogen and oxygen atoms in total. The van der Waals surface area contributed by atoms with Crippen LogP contribution >= 0.6 is 11.8 Å². The largest absolute Gasteiger partial charge is 0.313 e. The van der Waals surface area contributed by atoms with Crippen molar-refractivity contribution in [1.82, 2.24) is 0 Å². The van der Waals surface area contributed by atoms with Crippen LogP contribution in [0.15, 0.2) is 17.0 Å². The number of thioether (sulfide) groups is 1. The van der Waals surface area contributed by atoms with Gasteiger partial charge in [0.25, 0.3) is 0 Å². The SMILES string of the molecule is CCc1c(C(=O)CC=N)ccc2c1C(C)CS2. The van der Waals surface area contributed by atoms with Crippen LogP contribution in [0.1, 0.15) is 47.7 Å². The van der Waals surface area contributed by atoms with Crippen molar-refractivity contribution in [2.45, 2.75) is 37.5 Å². The molecular weight excluding hydrogens is 230 g/mol. The molecule has 1 N–H and O–H groups in total. The Morgan fingerprint density at radius 3 is 3.00 bits per heavy atom. The van der Waals surface area contributed by atoms with Crippen LogP contribution < -0.4 is 0 Å². The van der Waals surface area contributed by atoms with E-state index in [1.165, 1.54) is 22.2 Å². The van der Waals surface area contributed by atoms with Crippen LogP contribution in [0.4, 0.5) is 0 Å². The first-order valence-electron chi connectivity index (χ1n) is 5.99. The van der Waals surface area contributed by atoms with Crippen molar-refractivity contribution < 1.29 is 4.79 Å². The van der Waals surface area contributed by atoms with E-state index in [0.29, 0.717) is 5.92 Å². The van der Waals surface area contributed by atoms with Crippen LogP contribution in [0.2, 0.25) is 0 Å². The van der Waals surface area contributed by atoms with Gasteiger partial charge in [0.2, 0.25) is 0 Å². The van der Waals surface area contributed by atoms with E-state index in [0.717, 1.165) is 17.7 Å². The molecule has 3 heteroatoms. The van der Waals surface area contributed by atoms with Gasteiger partial charge < -0.3 is 5.41 Å². The van der Waals surface area contributed by atoms with Gasteiger partial charge in [-0.3, -0.25) is 4.79 Å². The fourth-order valence-electron chi connectivity index (χ4n) is 2.45. The summed E-state index contributed by atoms with van der Waals surface area (Å²) >= 11 is 1.88. The lowest BCUT2D eigenvalue weighted by molar-refractivity contribution is 0.100. The van der Waals surface area contributed by atoms with Crippen LogP contribution in [0.3, 0.4) is 0 Å². The molecule has 2 rings (SSSR count). The molecule has 0 bridgehead atoms. The topological polar surface area (TPSA) is 40.9 Å². The highest BCUT2D eigenvalue weighted by Gasteiger charge is 2.25. The molecule has 0 aliphatic carbocycles. The molecule has 0 amide bonds. The van der Waals surface area contributed by atoms with E-state index in [2.05, 4.69) is 19.9 Å². The minimum absolute atomic E-state index is 0.0729. The van der Waals surface area contributed by atoms with E-state index in [1.54, 1.807) is 0 Å². The second-order valence-corrected chi connectivity index (χ2v) is 5.46. The molecule has 1 heterocycles. The molecule has 0 radical (unpaired) electrons. The molecule has 0 spiro atoms. The zero-order valence-electron chi connectivity index (χ0n) is 10.2. The maximum atomic E-state index is 12.0. The van der Waals surface area contributed by atoms with Crippen molar-refractivity contribution in [1.29, 1.82) is 5.41 Å². The van der Waals surface area contributed by atoms with Gasteiger partial charge >= 0.3 is 0 Å². The molecule has 1 aliphatic rings. The van der Waals surface area contributed by atoms with Crippen molar-refractivity contribution in [2.75, 3.05) is 5.75 Å². The lowest BCUT2D eigenvalue weighted by atomic mass is 9.90. The Bertz CT molecular complexity index is 468. The van der Waals surface area contributed by atoms with Gasteiger partial charge in [0.1, 0.15) is 0 Å². The van der Waals surface area contributed by atoms with Gasteiger partial charge in [0, 0.05) is 28.8 Å². The predicted molar refractivity (Wildman–Crippen MR) is 72.7 cm³/mol. The van der Waals surface area contributed by atoms with E-state index in [-0.39, 0.29) is 12.2 Å². The molecule has 1 aromatic rings. The average molecular weight is 247 g/mol. The van der Waals surface area contributed by atoms with E-state index in [1.807, 2.05) is 17.8 Å². The molecule has 1 aromatic carbocycles. The molecule has 0 saturated heterocycles. The number of carbonyl (C=O) groups excluding carboxylic acids is 1. The van der Waals surface area contributed by atoms with Gasteiger partial charge in [-0.25, -0.2) is 0 Å². The number of ketones is 1. The maximum absolute atomic E-state index is 12.0. The van der Waals surface area contributed by atoms with Crippen LogP contribution in [-0.2, 0) is 6.42 Å². The number of rotatable bonds is 4. The fourth-order valence-corrected chi connectivity index (χ4v) is 3.69. The number of benzene rings is 1. The van der Waals surface area contributed by atoms with Crippen molar-refractivity contribution in [3.63, 3.8) is 0 Å². The van der Waals surface area contributed by atoms with Gasteiger partial charge in [-0.2, -0.15) is 0 Å². The van der Waals surface area contributed by atoms with E-state index >= 15 is 0 Å². The minimum atomic E-state index is 0.0729. The third-order valence-electron chi connectivity index (χ3n) is 3.24. The third-order valence-corrected chi connectivity index (χ3v) is 4.57. The number of fused-ring (bicyclic) bond motifs is 1. The zero-order chi connectivity index (χ0) is 12.4. The van der Waals surface area contributed by atoms with Crippen LogP contribution in [0, 0.1) is 5.41 Å². The second-order valence-electron chi connectivity index (χ2n) is 4.40. The first-order valence-corrected chi connectivity index (χ1v) is 6.98. The Kier molecular flexibility index (Phi) is 3.67. The summed E-state index contributed by atoms with van der Waals surface area (Å²) in [5.74, 6) is 1.73. The normalized spacial score (nSPS) is 17.9. The number of nitrogens with one attached hydrogen (secondary N) is 1. The third kappa shape index (κ3) is 2.16. The molecule has 1 atom stereocenters. The van der Waals surface area contributed by atoms with Crippen molar-refractivity contribution in [3.8, 4) is 0 Å². The molecule has 1 unspecified atom stereocenters. The summed E-state index contributed by atoms with van der Waals surface area (Å²) in [6, 6.07) is 4.01. The standard InChI is InChI=1S/C14H17NOS/c1-3-10-11(12(16)6-7-15)4-5-13-14(10)9(2)8-17-13/h4-5,7,9,15H,3,6,8H2,1-2H3. The Balaban J connectivity index is 2.51. The molecule has 90 valence electrons. The highest BCUT2D eigenvalue weighted by Crippen LogP contribution is 2.42. The maximum Gasteiger partial charge on any atom is 0.168 e. The molecule has 1 aliphatic heterocycles. The molecular formula is C14H17NOS. The van der Waals surface area contributed by atoms with Gasteiger partial charge in [-0.05, 0) is 35.6 Å². The summed E-state index contributed by atoms with van der Waals surface area (Å²) in [6.07, 6.45) is 2.30. The summed E-state index contributed by atoms with van der Waals surface area (Å²) in [6.45, 7) is 4.33. The van der Waals surface area contributed by atoms with E-state index in [4.69, 9.17) is 5.41 Å². The summed E-state index contributed by atoms with van der Waals surface area (Å²) in [5, 5.41) is 7.05. The Labute approximate surface area is 106 Å². The van der Waals surface area contributed by atoms with Crippen molar-refractivity contribution >= 4 is 23.8 Å². The number of Topliss-reactive ketones (excluding diaryl/α,β-unsaturated/α-hetero) is 1. The van der Waals surface area contributed by atoms with Crippen LogP contribution in [0.5, 0.6) is 0 Å². The Morgan fingerprint density at radius 1 is 1.59 bits per heavy atom. The molecule has 0 fully saturated rings. The number of carbonyl (C=O) groups is 1. The van der Waals surface area contributed by atoms with Gasteiger partial charge in [-0.15, -0.1) is 11.8 Å². The van der Waals surface area contributed by atoms with Gasteiger partial charge in [-0.1, -0.05) is 13.8 Å². The Hall–Kier alpha value is -1.09. The highest BCUT2D eigenvalue weighted by atomic mass is 32.2. The second kappa shape index (κ2) is 5.05. The van der Waals surface area contributed by atoms with Crippen LogP contribution in [-0.4, -0.2) is 17.8 Å². The minimum Gasteiger partial charge on any atom is -0.313 e. The van der Waals surface area contributed by atoms with E-state index in [9.17, 15) is 4.79 Å². The van der Waals surface area contributed by atoms with Gasteiger partial charge in [0.15, 0.2) is 5.78 Å². The first-order chi connectivity index (χ1) is 8.19. The lowest BCUT2D eigenvalue weighted by Gasteiger charge is -2.14. The predicted octanol–water partition coefficient (Wildman–Crippen LogP) is 3.68. The highest BCUT2D eigenvalue weighted by molar-refractivity contribution is 7.99. The quantitative estimate of drug-likeness (QED) is 0.651. The number of hydrogen-bond acceptors (Lipinski definition) is 3. The van der Waals surface area contributed by atoms with E-state index < -0.39 is 0 Å². The summed E-state index contributed by atoms with van der Waals surface area (Å²) in [4.78, 5) is 13.3. The monoisotopic (exact) mass is 247 g/mol. The smallest absolute Gasteiger partial charge is 0.168 e. The average Bonchev–Trinajstić information content (AvgIpc) is 2.70. The molecule has 0 saturated carbocycles. The fraction of sp³-hybridized carbons (Fsp3) is 0.429. The van der Waals surface area contributed by atoms with Crippen LogP contribution in [0.25, 0.3) is 0 Å². The van der Waals surface area contributed by atoms with Gasteiger partial charge in [0.05, 0.1) is 0 Å². The van der Waals surface area contributed by atoms with Crippen molar-refractivity contribution in [3.05, 3.63) is 28.8 Å². The Morgan fingerprint density at radius 2 is 2.35 bits per heavy atom. The molecule has 0 aromatic heterocycles. The summed E-state index contributed by atoms with van der Waals surface area (Å²) in [7, 11) is 0. The summed E-state index contributed by atoms with van der Waals surface area (Å²) in [5.41, 5.74) is 3.39. The zero-order valence-corrected chi connectivity index (χ0v) is 11.1. The first kappa shape index (κ1) is 12.4. The summed E-state index contributed by atoms with van der Waals surface area (Å²) < 4.78 is 0. The lowest BCUT2D eigenvalue weighted by Crippen LogP contribution is -2.07. The van der Waals surface area contributed by atoms with Crippen molar-refractivity contribution in [2.24, 2.45) is 0 Å². The number of hydrogen-bond donors (Lipinski definition) is 1.